The van der Waals surface area contributed by atoms with Crippen molar-refractivity contribution in [1.82, 2.24) is 10.5 Å². The fourth-order valence-corrected chi connectivity index (χ4v) is 2.25. The molecular weight excluding hydrogens is 238 g/mol. The van der Waals surface area contributed by atoms with E-state index < -0.39 is 5.91 Å². The molecule has 3 N–H and O–H groups in total. The summed E-state index contributed by atoms with van der Waals surface area (Å²) in [5, 5.41) is 8.77. The summed E-state index contributed by atoms with van der Waals surface area (Å²) in [5.41, 5.74) is 6.60. The topological polar surface area (TPSA) is 81.1 Å². The highest BCUT2D eigenvalue weighted by Gasteiger charge is 2.05. The van der Waals surface area contributed by atoms with E-state index in [-0.39, 0.29) is 0 Å². The van der Waals surface area contributed by atoms with Crippen molar-refractivity contribution < 1.29 is 9.32 Å². The van der Waals surface area contributed by atoms with Crippen LogP contribution < -0.4 is 11.1 Å². The van der Waals surface area contributed by atoms with E-state index in [1.165, 1.54) is 11.3 Å². The second kappa shape index (κ2) is 5.11. The minimum absolute atomic E-state index is 0.390. The van der Waals surface area contributed by atoms with Gasteiger partial charge in [0.1, 0.15) is 0 Å². The van der Waals surface area contributed by atoms with Crippen LogP contribution >= 0.6 is 11.3 Å². The van der Waals surface area contributed by atoms with Crippen LogP contribution in [0.5, 0.6) is 0 Å². The minimum Gasteiger partial charge on any atom is -0.366 e. The van der Waals surface area contributed by atoms with Gasteiger partial charge in [-0.05, 0) is 13.0 Å². The van der Waals surface area contributed by atoms with E-state index >= 15 is 0 Å². The van der Waals surface area contributed by atoms with Crippen LogP contribution in [0.4, 0.5) is 0 Å². The van der Waals surface area contributed by atoms with E-state index in [1.807, 2.05) is 13.0 Å². The maximum Gasteiger partial charge on any atom is 0.249 e. The van der Waals surface area contributed by atoms with Crippen LogP contribution in [0.1, 0.15) is 26.7 Å². The molecule has 0 fully saturated rings. The maximum atomic E-state index is 10.9. The summed E-state index contributed by atoms with van der Waals surface area (Å²) >= 11 is 1.51. The van der Waals surface area contributed by atoms with Crippen molar-refractivity contribution in [3.8, 4) is 0 Å². The van der Waals surface area contributed by atoms with Gasteiger partial charge in [0.25, 0.3) is 0 Å². The Kier molecular flexibility index (Phi) is 3.55. The van der Waals surface area contributed by atoms with Gasteiger partial charge in [0.2, 0.25) is 5.91 Å². The van der Waals surface area contributed by atoms with Gasteiger partial charge in [-0.15, -0.1) is 11.3 Å². The average Bonchev–Trinajstić information content (AvgIpc) is 2.88. The van der Waals surface area contributed by atoms with E-state index in [0.717, 1.165) is 16.3 Å². The number of amides is 1. The number of hydrogen-bond donors (Lipinski definition) is 2. The lowest BCUT2D eigenvalue weighted by Crippen LogP contribution is -2.12. The third-order valence-corrected chi connectivity index (χ3v) is 3.15. The van der Waals surface area contributed by atoms with Crippen LogP contribution in [0.15, 0.2) is 22.0 Å². The van der Waals surface area contributed by atoms with Crippen LogP contribution in [0.25, 0.3) is 0 Å². The van der Waals surface area contributed by atoms with Gasteiger partial charge >= 0.3 is 0 Å². The molecule has 6 heteroatoms. The number of rotatable bonds is 5. The van der Waals surface area contributed by atoms with Crippen LogP contribution in [-0.2, 0) is 13.1 Å². The van der Waals surface area contributed by atoms with Gasteiger partial charge in [0.05, 0.1) is 17.8 Å². The summed E-state index contributed by atoms with van der Waals surface area (Å²) in [7, 11) is 0. The summed E-state index contributed by atoms with van der Waals surface area (Å²) in [5.74, 6) is 0.410. The number of hydrogen-bond acceptors (Lipinski definition) is 5. The van der Waals surface area contributed by atoms with E-state index in [0.29, 0.717) is 18.7 Å². The smallest absolute Gasteiger partial charge is 0.249 e. The number of aryl methyl sites for hydroxylation is 1. The lowest BCUT2D eigenvalue weighted by molar-refractivity contribution is 0.100. The number of aromatic nitrogens is 1. The highest BCUT2D eigenvalue weighted by Crippen LogP contribution is 2.14. The predicted octanol–water partition coefficient (Wildman–Crippen LogP) is 1.43. The number of thiophene rings is 1. The first-order valence-electron chi connectivity index (χ1n) is 5.15. The molecule has 0 aliphatic heterocycles. The minimum atomic E-state index is -0.390. The maximum absolute atomic E-state index is 10.9. The normalized spacial score (nSPS) is 10.6. The van der Waals surface area contributed by atoms with Gasteiger partial charge < -0.3 is 15.6 Å². The zero-order valence-corrected chi connectivity index (χ0v) is 10.2. The summed E-state index contributed by atoms with van der Waals surface area (Å²) in [6, 6.07) is 3.68. The molecule has 0 atom stereocenters. The van der Waals surface area contributed by atoms with Crippen LogP contribution in [0.2, 0.25) is 0 Å². The summed E-state index contributed by atoms with van der Waals surface area (Å²) in [6.45, 7) is 3.17. The molecule has 0 aliphatic carbocycles. The standard InChI is InChI=1S/C11H13N3O2S/c1-7-2-9(16-14-7)4-13-5-10-3-8(6-17-10)11(12)15/h2-3,6,13H,4-5H2,1H3,(H2,12,15). The lowest BCUT2D eigenvalue weighted by Gasteiger charge is -1.98. The van der Waals surface area contributed by atoms with Crippen molar-refractivity contribution in [2.45, 2.75) is 20.0 Å². The Morgan fingerprint density at radius 3 is 2.94 bits per heavy atom. The number of nitrogens with zero attached hydrogens (tertiary/aromatic N) is 1. The highest BCUT2D eigenvalue weighted by molar-refractivity contribution is 7.10. The summed E-state index contributed by atoms with van der Waals surface area (Å²) in [4.78, 5) is 12.0. The Morgan fingerprint density at radius 2 is 2.35 bits per heavy atom. The molecule has 2 aromatic rings. The molecule has 0 spiro atoms. The summed E-state index contributed by atoms with van der Waals surface area (Å²) in [6.07, 6.45) is 0. The first-order valence-corrected chi connectivity index (χ1v) is 6.03. The molecule has 5 nitrogen and oxygen atoms in total. The van der Waals surface area contributed by atoms with Crippen molar-refractivity contribution in [3.05, 3.63) is 39.4 Å². The van der Waals surface area contributed by atoms with Crippen molar-refractivity contribution in [3.63, 3.8) is 0 Å². The number of nitrogens with one attached hydrogen (secondary N) is 1. The van der Waals surface area contributed by atoms with Gasteiger partial charge in [0, 0.05) is 22.9 Å². The largest absolute Gasteiger partial charge is 0.366 e. The van der Waals surface area contributed by atoms with Crippen molar-refractivity contribution in [2.24, 2.45) is 5.73 Å². The zero-order valence-electron chi connectivity index (χ0n) is 9.40. The molecule has 0 aliphatic rings. The molecule has 0 saturated heterocycles. The van der Waals surface area contributed by atoms with Crippen LogP contribution in [-0.4, -0.2) is 11.1 Å². The molecule has 0 saturated carbocycles. The molecule has 2 rings (SSSR count). The average molecular weight is 251 g/mol. The van der Waals surface area contributed by atoms with Gasteiger partial charge in [-0.25, -0.2) is 0 Å². The second-order valence-electron chi connectivity index (χ2n) is 3.70. The first kappa shape index (κ1) is 11.8. The molecule has 0 radical (unpaired) electrons. The highest BCUT2D eigenvalue weighted by atomic mass is 32.1. The molecule has 0 aromatic carbocycles. The quantitative estimate of drug-likeness (QED) is 0.842. The number of carbonyl (C=O) groups excluding carboxylic acids is 1. The molecule has 17 heavy (non-hydrogen) atoms. The first-order chi connectivity index (χ1) is 8.15. The monoisotopic (exact) mass is 251 g/mol. The third-order valence-electron chi connectivity index (χ3n) is 2.21. The number of carbonyl (C=O) groups is 1. The molecular formula is C11H13N3O2S. The van der Waals surface area contributed by atoms with Crippen LogP contribution in [0.3, 0.4) is 0 Å². The predicted molar refractivity (Wildman–Crippen MR) is 64.6 cm³/mol. The molecule has 1 amide bonds. The number of primary amides is 1. The third kappa shape index (κ3) is 3.15. The SMILES string of the molecule is Cc1cc(CNCc2cc(C(N)=O)cs2)on1. The Morgan fingerprint density at radius 1 is 1.53 bits per heavy atom. The second-order valence-corrected chi connectivity index (χ2v) is 4.70. The fourth-order valence-electron chi connectivity index (χ4n) is 1.41. The Hall–Kier alpha value is -1.66. The molecule has 2 aromatic heterocycles. The van der Waals surface area contributed by atoms with Gasteiger partial charge in [-0.3, -0.25) is 4.79 Å². The van der Waals surface area contributed by atoms with E-state index in [2.05, 4.69) is 10.5 Å². The Labute approximate surface area is 103 Å². The molecule has 0 bridgehead atoms. The van der Waals surface area contributed by atoms with E-state index in [1.54, 1.807) is 11.4 Å². The lowest BCUT2D eigenvalue weighted by atomic mass is 10.3. The van der Waals surface area contributed by atoms with Gasteiger partial charge in [-0.1, -0.05) is 5.16 Å². The Bertz CT molecular complexity index is 518. The van der Waals surface area contributed by atoms with E-state index in [9.17, 15) is 4.79 Å². The van der Waals surface area contributed by atoms with Crippen molar-refractivity contribution >= 4 is 17.2 Å². The molecule has 90 valence electrons. The van der Waals surface area contributed by atoms with Gasteiger partial charge in [-0.2, -0.15) is 0 Å². The van der Waals surface area contributed by atoms with Crippen LogP contribution in [0, 0.1) is 6.92 Å². The Balaban J connectivity index is 1.83. The zero-order chi connectivity index (χ0) is 12.3. The van der Waals surface area contributed by atoms with Crippen molar-refractivity contribution in [2.75, 3.05) is 0 Å². The fraction of sp³-hybridized carbons (Fsp3) is 0.273. The summed E-state index contributed by atoms with van der Waals surface area (Å²) < 4.78 is 5.06. The van der Waals surface area contributed by atoms with Gasteiger partial charge in [0.15, 0.2) is 5.76 Å². The van der Waals surface area contributed by atoms with E-state index in [4.69, 9.17) is 10.3 Å². The number of nitrogens with two attached hydrogens (primary N) is 1. The molecule has 0 unspecified atom stereocenters. The van der Waals surface area contributed by atoms with Crippen molar-refractivity contribution in [1.29, 1.82) is 0 Å². The molecule has 2 heterocycles.